The van der Waals surface area contributed by atoms with Crippen LogP contribution >= 0.6 is 0 Å². The van der Waals surface area contributed by atoms with Crippen LogP contribution in [0.1, 0.15) is 11.6 Å². The molecule has 0 saturated heterocycles. The smallest absolute Gasteiger partial charge is 0.327 e. The van der Waals surface area contributed by atoms with E-state index in [0.29, 0.717) is 6.54 Å². The van der Waals surface area contributed by atoms with Gasteiger partial charge in [-0.15, -0.1) is 0 Å². The number of carbonyl (C=O) groups excluding carboxylic acids is 1. The lowest BCUT2D eigenvalue weighted by atomic mass is 10.0. The molecule has 6 nitrogen and oxygen atoms in total. The first kappa shape index (κ1) is 14.8. The molecule has 2 aromatic rings. The largest absolute Gasteiger partial charge is 0.468 e. The van der Waals surface area contributed by atoms with Crippen molar-refractivity contribution in [2.24, 2.45) is 5.11 Å². The molecule has 0 heterocycles. The third kappa shape index (κ3) is 3.72. The lowest BCUT2D eigenvalue weighted by molar-refractivity contribution is -0.143. The van der Waals surface area contributed by atoms with E-state index in [2.05, 4.69) is 15.3 Å². The molecule has 0 radical (unpaired) electrons. The lowest BCUT2D eigenvalue weighted by Crippen LogP contribution is -2.31. The fourth-order valence-electron chi connectivity index (χ4n) is 2.15. The van der Waals surface area contributed by atoms with Gasteiger partial charge in [-0.1, -0.05) is 41.5 Å². The molecule has 0 spiro atoms. The van der Waals surface area contributed by atoms with Crippen molar-refractivity contribution in [3.63, 3.8) is 0 Å². The number of esters is 1. The molecule has 0 aromatic heterocycles. The van der Waals surface area contributed by atoms with Crippen LogP contribution in [-0.2, 0) is 9.53 Å². The van der Waals surface area contributed by atoms with Crippen molar-refractivity contribution >= 4 is 16.7 Å². The Morgan fingerprint density at radius 1 is 1.33 bits per heavy atom. The number of hydrogen-bond donors (Lipinski definition) is 1. The normalized spacial score (nSPS) is 11.7. The minimum absolute atomic E-state index is 0.275. The second kappa shape index (κ2) is 7.28. The highest BCUT2D eigenvalue weighted by Gasteiger charge is 2.20. The van der Waals surface area contributed by atoms with Gasteiger partial charge in [-0.05, 0) is 27.9 Å². The number of hydrogen-bond acceptors (Lipinski definition) is 4. The van der Waals surface area contributed by atoms with E-state index in [0.717, 1.165) is 16.3 Å². The molecular formula is C15H16N4O2. The Bertz CT molecular complexity index is 680. The highest BCUT2D eigenvalue weighted by atomic mass is 16.5. The highest BCUT2D eigenvalue weighted by molar-refractivity contribution is 5.85. The van der Waals surface area contributed by atoms with Crippen LogP contribution in [0.3, 0.4) is 0 Å². The van der Waals surface area contributed by atoms with Crippen LogP contribution in [0.2, 0.25) is 0 Å². The molecule has 1 unspecified atom stereocenters. The maximum atomic E-state index is 11.9. The Kier molecular flexibility index (Phi) is 5.15. The number of rotatable bonds is 6. The first-order valence-corrected chi connectivity index (χ1v) is 6.57. The third-order valence-corrected chi connectivity index (χ3v) is 3.17. The molecule has 0 bridgehead atoms. The van der Waals surface area contributed by atoms with Gasteiger partial charge in [0.25, 0.3) is 0 Å². The maximum Gasteiger partial charge on any atom is 0.327 e. The molecule has 0 aliphatic rings. The van der Waals surface area contributed by atoms with Crippen LogP contribution in [0.5, 0.6) is 0 Å². The number of nitrogens with one attached hydrogen (secondary N) is 1. The zero-order valence-corrected chi connectivity index (χ0v) is 11.7. The van der Waals surface area contributed by atoms with E-state index in [1.165, 1.54) is 7.11 Å². The van der Waals surface area contributed by atoms with Crippen LogP contribution in [0.4, 0.5) is 0 Å². The van der Waals surface area contributed by atoms with E-state index >= 15 is 0 Å². The van der Waals surface area contributed by atoms with Crippen LogP contribution in [0.15, 0.2) is 47.6 Å². The summed E-state index contributed by atoms with van der Waals surface area (Å²) in [7, 11) is 1.35. The maximum absolute atomic E-state index is 11.9. The van der Waals surface area contributed by atoms with E-state index in [1.54, 1.807) is 0 Å². The molecule has 1 N–H and O–H groups in total. The third-order valence-electron chi connectivity index (χ3n) is 3.17. The second-order valence-corrected chi connectivity index (χ2v) is 4.47. The van der Waals surface area contributed by atoms with Crippen LogP contribution in [0.25, 0.3) is 21.2 Å². The molecule has 2 rings (SSSR count). The van der Waals surface area contributed by atoms with Gasteiger partial charge >= 0.3 is 5.97 Å². The monoisotopic (exact) mass is 284 g/mol. The molecule has 21 heavy (non-hydrogen) atoms. The average molecular weight is 284 g/mol. The number of azide groups is 1. The van der Waals surface area contributed by atoms with Gasteiger partial charge in [-0.2, -0.15) is 0 Å². The van der Waals surface area contributed by atoms with Gasteiger partial charge in [0.1, 0.15) is 6.04 Å². The first-order chi connectivity index (χ1) is 10.3. The SMILES string of the molecule is COC(=O)C(NCCN=[N+]=[N-])c1ccc2ccccc2c1. The van der Waals surface area contributed by atoms with Crippen molar-refractivity contribution in [2.75, 3.05) is 20.2 Å². The van der Waals surface area contributed by atoms with Gasteiger partial charge in [0.15, 0.2) is 0 Å². The zero-order valence-electron chi connectivity index (χ0n) is 11.7. The summed E-state index contributed by atoms with van der Waals surface area (Å²) in [6.07, 6.45) is 0. The standard InChI is InChI=1S/C15H16N4O2/c1-21-15(20)14(17-8-9-18-19-16)13-7-6-11-4-2-3-5-12(11)10-13/h2-7,10,14,17H,8-9H2,1H3. The quantitative estimate of drug-likeness (QED) is 0.291. The summed E-state index contributed by atoms with van der Waals surface area (Å²) in [5.74, 6) is -0.369. The average Bonchev–Trinajstić information content (AvgIpc) is 2.54. The molecular weight excluding hydrogens is 268 g/mol. The Balaban J connectivity index is 2.24. The van der Waals surface area contributed by atoms with Gasteiger partial charge in [0.2, 0.25) is 0 Å². The highest BCUT2D eigenvalue weighted by Crippen LogP contribution is 2.21. The summed E-state index contributed by atoms with van der Waals surface area (Å²) in [6.45, 7) is 0.675. The van der Waals surface area contributed by atoms with Gasteiger partial charge in [0, 0.05) is 18.0 Å². The van der Waals surface area contributed by atoms with Crippen LogP contribution in [0, 0.1) is 0 Å². The van der Waals surface area contributed by atoms with Crippen LogP contribution < -0.4 is 5.32 Å². The Labute approximate surface area is 122 Å². The Morgan fingerprint density at radius 2 is 2.10 bits per heavy atom. The number of carbonyl (C=O) groups is 1. The summed E-state index contributed by atoms with van der Waals surface area (Å²) in [6, 6.07) is 13.2. The summed E-state index contributed by atoms with van der Waals surface area (Å²) in [4.78, 5) is 14.6. The number of fused-ring (bicyclic) bond motifs is 1. The number of ether oxygens (including phenoxy) is 1. The summed E-state index contributed by atoms with van der Waals surface area (Å²) in [5.41, 5.74) is 9.08. The molecule has 0 aliphatic heterocycles. The minimum atomic E-state index is -0.575. The number of nitrogens with zero attached hydrogens (tertiary/aromatic N) is 3. The predicted molar refractivity (Wildman–Crippen MR) is 80.7 cm³/mol. The van der Waals surface area contributed by atoms with Crippen molar-refractivity contribution in [1.82, 2.24) is 5.32 Å². The molecule has 0 aliphatic carbocycles. The van der Waals surface area contributed by atoms with Crippen molar-refractivity contribution in [3.8, 4) is 0 Å². The van der Waals surface area contributed by atoms with Gasteiger partial charge in [0.05, 0.1) is 7.11 Å². The molecule has 0 amide bonds. The number of methoxy groups -OCH3 is 1. The minimum Gasteiger partial charge on any atom is -0.468 e. The topological polar surface area (TPSA) is 87.1 Å². The van der Waals surface area contributed by atoms with Gasteiger partial charge < -0.3 is 10.1 Å². The Morgan fingerprint density at radius 3 is 2.81 bits per heavy atom. The molecule has 1 atom stereocenters. The molecule has 6 heteroatoms. The van der Waals surface area contributed by atoms with Crippen LogP contribution in [-0.4, -0.2) is 26.2 Å². The van der Waals surface area contributed by atoms with Gasteiger partial charge in [-0.25, -0.2) is 4.79 Å². The van der Waals surface area contributed by atoms with E-state index in [1.807, 2.05) is 42.5 Å². The van der Waals surface area contributed by atoms with Gasteiger partial charge in [-0.3, -0.25) is 0 Å². The van der Waals surface area contributed by atoms with E-state index in [-0.39, 0.29) is 12.5 Å². The summed E-state index contributed by atoms with van der Waals surface area (Å²) < 4.78 is 4.83. The van der Waals surface area contributed by atoms with Crippen molar-refractivity contribution in [3.05, 3.63) is 58.5 Å². The molecule has 0 saturated carbocycles. The van der Waals surface area contributed by atoms with Crippen molar-refractivity contribution in [2.45, 2.75) is 6.04 Å². The summed E-state index contributed by atoms with van der Waals surface area (Å²) >= 11 is 0. The lowest BCUT2D eigenvalue weighted by Gasteiger charge is -2.17. The zero-order chi connectivity index (χ0) is 15.1. The molecule has 108 valence electrons. The van der Waals surface area contributed by atoms with E-state index in [4.69, 9.17) is 10.3 Å². The van der Waals surface area contributed by atoms with Crippen molar-refractivity contribution in [1.29, 1.82) is 0 Å². The fraction of sp³-hybridized carbons (Fsp3) is 0.267. The van der Waals surface area contributed by atoms with E-state index < -0.39 is 6.04 Å². The molecule has 2 aromatic carbocycles. The van der Waals surface area contributed by atoms with E-state index in [9.17, 15) is 4.79 Å². The predicted octanol–water partition coefficient (Wildman–Crippen LogP) is 2.95. The molecule has 0 fully saturated rings. The second-order valence-electron chi connectivity index (χ2n) is 4.47. The fourth-order valence-corrected chi connectivity index (χ4v) is 2.15. The van der Waals surface area contributed by atoms with Crippen molar-refractivity contribution < 1.29 is 9.53 Å². The first-order valence-electron chi connectivity index (χ1n) is 6.57. The summed E-state index contributed by atoms with van der Waals surface area (Å²) in [5, 5.41) is 8.65. The number of benzene rings is 2. The Hall–Kier alpha value is -2.56.